The van der Waals surface area contributed by atoms with Gasteiger partial charge in [-0.2, -0.15) is 0 Å². The summed E-state index contributed by atoms with van der Waals surface area (Å²) in [5, 5.41) is 14.9. The number of hydrogen-bond acceptors (Lipinski definition) is 3. The number of nitrogens with zero attached hydrogens (tertiary/aromatic N) is 1. The zero-order chi connectivity index (χ0) is 25.4. The van der Waals surface area contributed by atoms with Crippen molar-refractivity contribution in [2.45, 2.75) is 91.6 Å². The molecule has 1 saturated carbocycles. The normalized spacial score (nSPS) is 26.4. The van der Waals surface area contributed by atoms with Crippen LogP contribution >= 0.6 is 0 Å². The van der Waals surface area contributed by atoms with E-state index in [0.29, 0.717) is 12.5 Å². The van der Waals surface area contributed by atoms with E-state index in [2.05, 4.69) is 51.9 Å². The fraction of sp³-hybridized carbons (Fsp3) is 0.548. The second-order valence-corrected chi connectivity index (χ2v) is 11.7. The zero-order valence-electron chi connectivity index (χ0n) is 22.2. The highest BCUT2D eigenvalue weighted by atomic mass is 16.6. The predicted octanol–water partition coefficient (Wildman–Crippen LogP) is 7.48. The minimum absolute atomic E-state index is 0.139. The molecule has 0 spiro atoms. The molecule has 0 aliphatic heterocycles. The lowest BCUT2D eigenvalue weighted by atomic mass is 9.49. The maximum absolute atomic E-state index is 12.4. The van der Waals surface area contributed by atoms with Crippen LogP contribution in [0.3, 0.4) is 0 Å². The molecule has 0 radical (unpaired) electrons. The second-order valence-electron chi connectivity index (χ2n) is 11.7. The first-order valence-electron chi connectivity index (χ1n) is 13.2. The molecule has 0 heterocycles. The molecule has 1 N–H and O–H groups in total. The Hall–Kier alpha value is -2.62. The van der Waals surface area contributed by atoms with Gasteiger partial charge in [0.1, 0.15) is 6.61 Å². The highest BCUT2D eigenvalue weighted by molar-refractivity contribution is 6.03. The van der Waals surface area contributed by atoms with Crippen LogP contribution in [0.4, 0.5) is 0 Å². The molecule has 1 fully saturated rings. The largest absolute Gasteiger partial charge is 0.481 e. The molecular weight excluding hydrogens is 434 g/mol. The summed E-state index contributed by atoms with van der Waals surface area (Å²) in [6.07, 6.45) is 4.63. The van der Waals surface area contributed by atoms with Crippen LogP contribution in [0.5, 0.6) is 0 Å². The molecular formula is C31H41NO3. The first-order chi connectivity index (χ1) is 16.6. The molecule has 2 aliphatic rings. The van der Waals surface area contributed by atoms with Gasteiger partial charge in [0.05, 0.1) is 11.1 Å². The average Bonchev–Trinajstić information content (AvgIpc) is 2.81. The van der Waals surface area contributed by atoms with Crippen molar-refractivity contribution in [1.29, 1.82) is 0 Å². The van der Waals surface area contributed by atoms with E-state index in [1.807, 2.05) is 37.3 Å². The highest BCUT2D eigenvalue weighted by Gasteiger charge is 2.55. The maximum Gasteiger partial charge on any atom is 0.309 e. The van der Waals surface area contributed by atoms with Crippen molar-refractivity contribution in [1.82, 2.24) is 0 Å². The van der Waals surface area contributed by atoms with Gasteiger partial charge >= 0.3 is 5.97 Å². The van der Waals surface area contributed by atoms with Gasteiger partial charge in [-0.3, -0.25) is 4.79 Å². The molecule has 0 aromatic heterocycles. The van der Waals surface area contributed by atoms with Gasteiger partial charge in [0, 0.05) is 5.56 Å². The molecule has 0 saturated heterocycles. The molecule has 0 amide bonds. The average molecular weight is 476 g/mol. The Labute approximate surface area is 210 Å². The van der Waals surface area contributed by atoms with E-state index in [0.717, 1.165) is 48.9 Å². The lowest BCUT2D eigenvalue weighted by Crippen LogP contribution is -2.52. The van der Waals surface area contributed by atoms with Crippen LogP contribution in [0, 0.1) is 17.3 Å². The summed E-state index contributed by atoms with van der Waals surface area (Å²) in [5.74, 6) is 0.0496. The van der Waals surface area contributed by atoms with Crippen LogP contribution < -0.4 is 0 Å². The predicted molar refractivity (Wildman–Crippen MR) is 142 cm³/mol. The fourth-order valence-corrected chi connectivity index (χ4v) is 6.71. The number of carboxylic acids is 1. The molecule has 0 bridgehead atoms. The number of aliphatic carboxylic acids is 1. The van der Waals surface area contributed by atoms with E-state index < -0.39 is 11.4 Å². The molecule has 4 heteroatoms. The lowest BCUT2D eigenvalue weighted by molar-refractivity contribution is -0.157. The highest BCUT2D eigenvalue weighted by Crippen LogP contribution is 2.57. The van der Waals surface area contributed by atoms with Gasteiger partial charge in [-0.05, 0) is 84.1 Å². The summed E-state index contributed by atoms with van der Waals surface area (Å²) in [6, 6.07) is 14.9. The van der Waals surface area contributed by atoms with Crippen LogP contribution in [0.2, 0.25) is 0 Å². The number of benzene rings is 2. The van der Waals surface area contributed by atoms with Crippen molar-refractivity contribution in [3.05, 3.63) is 70.3 Å². The van der Waals surface area contributed by atoms with Gasteiger partial charge in [-0.1, -0.05) is 82.6 Å². The monoisotopic (exact) mass is 475 g/mol. The van der Waals surface area contributed by atoms with E-state index in [-0.39, 0.29) is 17.3 Å². The summed E-state index contributed by atoms with van der Waals surface area (Å²) < 4.78 is 0. The van der Waals surface area contributed by atoms with E-state index >= 15 is 0 Å². The van der Waals surface area contributed by atoms with E-state index in [9.17, 15) is 9.90 Å². The van der Waals surface area contributed by atoms with Gasteiger partial charge in [-0.25, -0.2) is 0 Å². The number of hydrogen-bond donors (Lipinski definition) is 1. The van der Waals surface area contributed by atoms with Crippen molar-refractivity contribution in [2.75, 3.05) is 0 Å². The quantitative estimate of drug-likeness (QED) is 0.333. The zero-order valence-corrected chi connectivity index (χ0v) is 22.2. The van der Waals surface area contributed by atoms with Gasteiger partial charge in [0.2, 0.25) is 0 Å². The van der Waals surface area contributed by atoms with Crippen molar-refractivity contribution in [3.63, 3.8) is 0 Å². The minimum atomic E-state index is -0.671. The van der Waals surface area contributed by atoms with Gasteiger partial charge in [0.15, 0.2) is 0 Å². The molecule has 4 rings (SSSR count). The van der Waals surface area contributed by atoms with E-state index in [1.165, 1.54) is 16.7 Å². The third kappa shape index (κ3) is 4.64. The van der Waals surface area contributed by atoms with Gasteiger partial charge < -0.3 is 9.94 Å². The summed E-state index contributed by atoms with van der Waals surface area (Å²) in [4.78, 5) is 18.3. The Kier molecular flexibility index (Phi) is 7.13. The van der Waals surface area contributed by atoms with E-state index in [1.54, 1.807) is 0 Å². The van der Waals surface area contributed by atoms with Crippen LogP contribution in [0.15, 0.2) is 47.6 Å². The number of aryl methyl sites for hydroxylation is 1. The number of oxime groups is 1. The number of rotatable bonds is 7. The molecule has 35 heavy (non-hydrogen) atoms. The summed E-state index contributed by atoms with van der Waals surface area (Å²) in [5.41, 5.74) is 6.43. The van der Waals surface area contributed by atoms with Crippen LogP contribution in [-0.2, 0) is 28.1 Å². The molecule has 2 aromatic rings. The Morgan fingerprint density at radius 1 is 1.11 bits per heavy atom. The first-order valence-corrected chi connectivity index (χ1v) is 13.2. The van der Waals surface area contributed by atoms with Gasteiger partial charge in [-0.15, -0.1) is 0 Å². The SMILES string of the molecule is CC(C)C(=NOCc1ccccc1)c1cc2c(cc1C(C)C)CC[C@H]1[C@](C)(C(=O)O)CCC[C@]21C. The van der Waals surface area contributed by atoms with Crippen molar-refractivity contribution in [2.24, 2.45) is 22.4 Å². The molecule has 188 valence electrons. The summed E-state index contributed by atoms with van der Waals surface area (Å²) in [7, 11) is 0. The minimum Gasteiger partial charge on any atom is -0.481 e. The summed E-state index contributed by atoms with van der Waals surface area (Å²) in [6.45, 7) is 13.5. The van der Waals surface area contributed by atoms with Crippen LogP contribution in [0.1, 0.15) is 101 Å². The Morgan fingerprint density at radius 2 is 1.83 bits per heavy atom. The van der Waals surface area contributed by atoms with Crippen LogP contribution in [0.25, 0.3) is 0 Å². The molecule has 2 aliphatic carbocycles. The smallest absolute Gasteiger partial charge is 0.309 e. The Morgan fingerprint density at radius 3 is 2.46 bits per heavy atom. The molecule has 3 atom stereocenters. The van der Waals surface area contributed by atoms with Crippen molar-refractivity contribution >= 4 is 11.7 Å². The molecule has 2 aromatic carbocycles. The molecule has 0 unspecified atom stereocenters. The third-order valence-corrected chi connectivity index (χ3v) is 8.69. The maximum atomic E-state index is 12.4. The number of fused-ring (bicyclic) bond motifs is 3. The van der Waals surface area contributed by atoms with Gasteiger partial charge in [0.25, 0.3) is 0 Å². The standard InChI is InChI=1S/C31H41NO3/c1-20(2)24-17-23-13-14-27-30(5,15-10-16-31(27,6)29(33)34)26(23)18-25(24)28(21(3)4)32-35-19-22-11-8-7-9-12-22/h7-9,11-12,17-18,20-21,27H,10,13-16,19H2,1-6H3,(H,33,34)/t27-,30-,31-/m1/s1. The fourth-order valence-electron chi connectivity index (χ4n) is 6.71. The van der Waals surface area contributed by atoms with Crippen molar-refractivity contribution in [3.8, 4) is 0 Å². The van der Waals surface area contributed by atoms with Crippen LogP contribution in [-0.4, -0.2) is 16.8 Å². The van der Waals surface area contributed by atoms with Crippen molar-refractivity contribution < 1.29 is 14.7 Å². The number of carbonyl (C=O) groups is 1. The van der Waals surface area contributed by atoms with E-state index in [4.69, 9.17) is 4.84 Å². The summed E-state index contributed by atoms with van der Waals surface area (Å²) >= 11 is 0. The third-order valence-electron chi connectivity index (χ3n) is 8.69. The Balaban J connectivity index is 1.79. The second kappa shape index (κ2) is 9.79. The number of carboxylic acid groups (broad SMARTS) is 1. The molecule has 4 nitrogen and oxygen atoms in total. The topological polar surface area (TPSA) is 58.9 Å². The first kappa shape index (κ1) is 25.5. The lowest BCUT2D eigenvalue weighted by Gasteiger charge is -2.53. The Bertz CT molecular complexity index is 1100.